The molecule has 0 aliphatic carbocycles. The Morgan fingerprint density at radius 2 is 1.20 bits per heavy atom. The van der Waals surface area contributed by atoms with E-state index in [0.717, 1.165) is 0 Å². The number of para-hydroxylation sites is 2. The summed E-state index contributed by atoms with van der Waals surface area (Å²) in [5.74, 6) is -0.153. The summed E-state index contributed by atoms with van der Waals surface area (Å²) in [5.41, 5.74) is 0. The van der Waals surface area contributed by atoms with E-state index in [0.29, 0.717) is 0 Å². The van der Waals surface area contributed by atoms with Gasteiger partial charge in [0, 0.05) is 0 Å². The van der Waals surface area contributed by atoms with Crippen LogP contribution in [0.2, 0.25) is 0 Å². The summed E-state index contributed by atoms with van der Waals surface area (Å²) < 4.78 is 0. The first kappa shape index (κ1) is 8.38. The second-order valence-corrected chi connectivity index (χ2v) is 1.49. The van der Waals surface area contributed by atoms with Crippen LogP contribution in [0.15, 0.2) is 24.3 Å². The molecule has 0 aromatic heterocycles. The SMILES string of the molecule is C#C.Oc1ccccc1O. The van der Waals surface area contributed by atoms with Gasteiger partial charge in [-0.2, -0.15) is 0 Å². The van der Waals surface area contributed by atoms with E-state index in [2.05, 4.69) is 12.8 Å². The van der Waals surface area contributed by atoms with Gasteiger partial charge >= 0.3 is 0 Å². The van der Waals surface area contributed by atoms with Crippen LogP contribution in [0, 0.1) is 12.8 Å². The van der Waals surface area contributed by atoms with E-state index in [-0.39, 0.29) is 11.5 Å². The summed E-state index contributed by atoms with van der Waals surface area (Å²) in [6.07, 6.45) is 8.00. The number of benzene rings is 1. The Labute approximate surface area is 59.8 Å². The van der Waals surface area contributed by atoms with E-state index in [1.165, 1.54) is 12.1 Å². The van der Waals surface area contributed by atoms with Gasteiger partial charge in [0.1, 0.15) is 0 Å². The fourth-order valence-electron chi connectivity index (χ4n) is 0.464. The van der Waals surface area contributed by atoms with Crippen molar-refractivity contribution < 1.29 is 10.2 Å². The first-order valence-electron chi connectivity index (χ1n) is 2.61. The maximum absolute atomic E-state index is 8.67. The van der Waals surface area contributed by atoms with E-state index in [1.807, 2.05) is 0 Å². The van der Waals surface area contributed by atoms with Gasteiger partial charge in [0.2, 0.25) is 0 Å². The van der Waals surface area contributed by atoms with Crippen LogP contribution in [0.4, 0.5) is 0 Å². The molecule has 52 valence electrons. The largest absolute Gasteiger partial charge is 0.504 e. The van der Waals surface area contributed by atoms with Crippen molar-refractivity contribution in [2.24, 2.45) is 0 Å². The molecule has 0 atom stereocenters. The zero-order valence-corrected chi connectivity index (χ0v) is 5.36. The average Bonchev–Trinajstić information content (AvgIpc) is 2.00. The number of rotatable bonds is 0. The third-order valence-corrected chi connectivity index (χ3v) is 0.882. The van der Waals surface area contributed by atoms with Crippen molar-refractivity contribution in [3.63, 3.8) is 0 Å². The van der Waals surface area contributed by atoms with Crippen LogP contribution in [-0.2, 0) is 0 Å². The normalized spacial score (nSPS) is 7.40. The molecule has 0 unspecified atom stereocenters. The monoisotopic (exact) mass is 136 g/mol. The quantitative estimate of drug-likeness (QED) is 0.417. The van der Waals surface area contributed by atoms with Crippen molar-refractivity contribution in [1.29, 1.82) is 0 Å². The predicted molar refractivity (Wildman–Crippen MR) is 39.7 cm³/mol. The maximum atomic E-state index is 8.67. The minimum absolute atomic E-state index is 0.0764. The third kappa shape index (κ3) is 2.10. The number of aromatic hydroxyl groups is 2. The molecule has 0 radical (unpaired) electrons. The van der Waals surface area contributed by atoms with Gasteiger partial charge in [0.15, 0.2) is 11.5 Å². The number of hydrogen-bond acceptors (Lipinski definition) is 2. The Morgan fingerprint density at radius 3 is 1.40 bits per heavy atom. The van der Waals surface area contributed by atoms with Crippen LogP contribution in [0.25, 0.3) is 0 Å². The van der Waals surface area contributed by atoms with Gasteiger partial charge in [-0.25, -0.2) is 0 Å². The van der Waals surface area contributed by atoms with E-state index in [1.54, 1.807) is 12.1 Å². The van der Waals surface area contributed by atoms with Crippen molar-refractivity contribution in [1.82, 2.24) is 0 Å². The summed E-state index contributed by atoms with van der Waals surface area (Å²) in [5, 5.41) is 17.3. The highest BCUT2D eigenvalue weighted by Crippen LogP contribution is 2.21. The topological polar surface area (TPSA) is 40.5 Å². The molecule has 0 bridgehead atoms. The van der Waals surface area contributed by atoms with E-state index in [9.17, 15) is 0 Å². The molecular formula is C8H8O2. The van der Waals surface area contributed by atoms with Gasteiger partial charge in [0.05, 0.1) is 0 Å². The van der Waals surface area contributed by atoms with Crippen LogP contribution in [-0.4, -0.2) is 10.2 Å². The standard InChI is InChI=1S/C6H6O2.C2H2/c7-5-3-1-2-4-6(5)8;1-2/h1-4,7-8H;1-2H. The summed E-state index contributed by atoms with van der Waals surface area (Å²) in [6, 6.07) is 6.15. The summed E-state index contributed by atoms with van der Waals surface area (Å²) in [4.78, 5) is 0. The molecule has 1 aromatic rings. The molecule has 0 amide bonds. The fourth-order valence-corrected chi connectivity index (χ4v) is 0.464. The number of phenolic OH excluding ortho intramolecular Hbond substituents is 2. The summed E-state index contributed by atoms with van der Waals surface area (Å²) in [7, 11) is 0. The summed E-state index contributed by atoms with van der Waals surface area (Å²) >= 11 is 0. The Hall–Kier alpha value is -1.62. The van der Waals surface area contributed by atoms with Gasteiger partial charge in [-0.15, -0.1) is 12.8 Å². The third-order valence-electron chi connectivity index (χ3n) is 0.882. The van der Waals surface area contributed by atoms with E-state index in [4.69, 9.17) is 10.2 Å². The first-order chi connectivity index (χ1) is 4.80. The fraction of sp³-hybridized carbons (Fsp3) is 0. The van der Waals surface area contributed by atoms with Gasteiger partial charge in [-0.1, -0.05) is 12.1 Å². The molecule has 10 heavy (non-hydrogen) atoms. The van der Waals surface area contributed by atoms with Crippen LogP contribution in [0.5, 0.6) is 11.5 Å². The van der Waals surface area contributed by atoms with Gasteiger partial charge in [-0.3, -0.25) is 0 Å². The molecule has 0 aliphatic heterocycles. The minimum Gasteiger partial charge on any atom is -0.504 e. The molecule has 0 heterocycles. The minimum atomic E-state index is -0.0764. The molecule has 0 saturated heterocycles. The first-order valence-corrected chi connectivity index (χ1v) is 2.61. The van der Waals surface area contributed by atoms with Crippen LogP contribution >= 0.6 is 0 Å². The zero-order chi connectivity index (χ0) is 7.98. The molecular weight excluding hydrogens is 128 g/mol. The molecule has 0 spiro atoms. The predicted octanol–water partition coefficient (Wildman–Crippen LogP) is 1.35. The Morgan fingerprint density at radius 1 is 0.900 bits per heavy atom. The molecule has 1 aromatic carbocycles. The van der Waals surface area contributed by atoms with Crippen molar-refractivity contribution in [2.75, 3.05) is 0 Å². The number of terminal acetylenes is 1. The molecule has 2 heteroatoms. The number of hydrogen-bond donors (Lipinski definition) is 2. The molecule has 0 saturated carbocycles. The van der Waals surface area contributed by atoms with Gasteiger partial charge < -0.3 is 10.2 Å². The average molecular weight is 136 g/mol. The molecule has 2 N–H and O–H groups in total. The smallest absolute Gasteiger partial charge is 0.157 e. The van der Waals surface area contributed by atoms with Crippen molar-refractivity contribution in [3.8, 4) is 24.3 Å². The Bertz CT molecular complexity index is 194. The van der Waals surface area contributed by atoms with Gasteiger partial charge in [-0.05, 0) is 12.1 Å². The lowest BCUT2D eigenvalue weighted by atomic mass is 10.3. The van der Waals surface area contributed by atoms with Gasteiger partial charge in [0.25, 0.3) is 0 Å². The lowest BCUT2D eigenvalue weighted by Gasteiger charge is -1.91. The summed E-state index contributed by atoms with van der Waals surface area (Å²) in [6.45, 7) is 0. The Kier molecular flexibility index (Phi) is 3.58. The molecule has 0 aliphatic rings. The van der Waals surface area contributed by atoms with Crippen LogP contribution in [0.3, 0.4) is 0 Å². The highest BCUT2D eigenvalue weighted by Gasteiger charge is 1.90. The van der Waals surface area contributed by atoms with Crippen LogP contribution < -0.4 is 0 Å². The molecule has 1 rings (SSSR count). The lowest BCUT2D eigenvalue weighted by Crippen LogP contribution is -1.63. The lowest BCUT2D eigenvalue weighted by molar-refractivity contribution is 0.404. The van der Waals surface area contributed by atoms with E-state index >= 15 is 0 Å². The molecule has 2 nitrogen and oxygen atoms in total. The molecule has 0 fully saturated rings. The zero-order valence-electron chi connectivity index (χ0n) is 5.36. The van der Waals surface area contributed by atoms with E-state index < -0.39 is 0 Å². The maximum Gasteiger partial charge on any atom is 0.157 e. The van der Waals surface area contributed by atoms with Crippen molar-refractivity contribution in [3.05, 3.63) is 24.3 Å². The number of phenols is 2. The highest BCUT2D eigenvalue weighted by atomic mass is 16.3. The second kappa shape index (κ2) is 4.28. The second-order valence-electron chi connectivity index (χ2n) is 1.49. The Balaban J connectivity index is 0.000000371. The van der Waals surface area contributed by atoms with Crippen molar-refractivity contribution >= 4 is 0 Å². The highest BCUT2D eigenvalue weighted by molar-refractivity contribution is 5.36. The van der Waals surface area contributed by atoms with Crippen molar-refractivity contribution in [2.45, 2.75) is 0 Å². The van der Waals surface area contributed by atoms with Crippen LogP contribution in [0.1, 0.15) is 0 Å².